The van der Waals surface area contributed by atoms with Crippen LogP contribution in [-0.4, -0.2) is 25.0 Å². The molecule has 1 heterocycles. The summed E-state index contributed by atoms with van der Waals surface area (Å²) in [6, 6.07) is 0. The van der Waals surface area contributed by atoms with E-state index in [9.17, 15) is 0 Å². The first kappa shape index (κ1) is 19.2. The molecular formula is C21H37N. The number of hydrogen-bond donors (Lipinski definition) is 0. The Hall–Kier alpha value is -0.820. The van der Waals surface area contributed by atoms with Gasteiger partial charge in [-0.05, 0) is 64.8 Å². The number of unbranched alkanes of at least 4 members (excludes halogenated alkanes) is 2. The van der Waals surface area contributed by atoms with Crippen molar-refractivity contribution in [2.24, 2.45) is 0 Å². The third-order valence-corrected chi connectivity index (χ3v) is 4.59. The smallest absolute Gasteiger partial charge is 0.00156 e. The molecular weight excluding hydrogens is 266 g/mol. The van der Waals surface area contributed by atoms with E-state index in [1.54, 1.807) is 11.1 Å². The minimum atomic E-state index is 1.21. The quantitative estimate of drug-likeness (QED) is 0.339. The monoisotopic (exact) mass is 303 g/mol. The van der Waals surface area contributed by atoms with Crippen LogP contribution in [0.4, 0.5) is 0 Å². The molecule has 1 rings (SSSR count). The fourth-order valence-electron chi connectivity index (χ4n) is 3.08. The molecule has 0 aromatic carbocycles. The first-order valence-corrected chi connectivity index (χ1v) is 9.45. The third-order valence-electron chi connectivity index (χ3n) is 4.59. The highest BCUT2D eigenvalue weighted by atomic mass is 15.1. The first-order valence-electron chi connectivity index (χ1n) is 9.45. The van der Waals surface area contributed by atoms with Crippen LogP contribution >= 0.6 is 0 Å². The van der Waals surface area contributed by atoms with E-state index in [-0.39, 0.29) is 0 Å². The van der Waals surface area contributed by atoms with Crippen LogP contribution in [0.1, 0.15) is 78.1 Å². The number of rotatable bonds is 10. The summed E-state index contributed by atoms with van der Waals surface area (Å²) in [6.07, 6.45) is 22.3. The largest absolute Gasteiger partial charge is 0.306 e. The second-order valence-corrected chi connectivity index (χ2v) is 6.61. The molecule has 1 nitrogen and oxygen atoms in total. The Morgan fingerprint density at radius 2 is 1.95 bits per heavy atom. The van der Waals surface area contributed by atoms with Gasteiger partial charge in [0.25, 0.3) is 0 Å². The lowest BCUT2D eigenvalue weighted by Crippen LogP contribution is -2.18. The van der Waals surface area contributed by atoms with Gasteiger partial charge in [0.05, 0.1) is 0 Å². The van der Waals surface area contributed by atoms with Crippen molar-refractivity contribution in [3.8, 4) is 0 Å². The Kier molecular flexibility index (Phi) is 11.1. The summed E-state index contributed by atoms with van der Waals surface area (Å²) in [6.45, 7) is 7.02. The van der Waals surface area contributed by atoms with Gasteiger partial charge in [0, 0.05) is 13.1 Å². The standard InChI is InChI=1S/C21H37N/c1-4-13-20(5-2)14-10-8-6-7-9-11-15-21-16-12-18-22(3)19-17-21/h6-7,14,16H,4-5,8-13,15,17-19H2,1-3H3/b7-6+,20-14-. The first-order chi connectivity index (χ1) is 10.8. The van der Waals surface area contributed by atoms with Crippen LogP contribution in [0.15, 0.2) is 35.5 Å². The Labute approximate surface area is 139 Å². The maximum atomic E-state index is 2.48. The molecule has 0 saturated heterocycles. The van der Waals surface area contributed by atoms with Crippen LogP contribution in [-0.2, 0) is 0 Å². The van der Waals surface area contributed by atoms with E-state index in [0.29, 0.717) is 0 Å². The van der Waals surface area contributed by atoms with E-state index in [0.717, 1.165) is 0 Å². The van der Waals surface area contributed by atoms with E-state index in [4.69, 9.17) is 0 Å². The molecule has 0 unspecified atom stereocenters. The van der Waals surface area contributed by atoms with Crippen molar-refractivity contribution in [2.45, 2.75) is 78.1 Å². The van der Waals surface area contributed by atoms with Crippen LogP contribution in [0.2, 0.25) is 0 Å². The zero-order chi connectivity index (χ0) is 16.0. The van der Waals surface area contributed by atoms with Crippen molar-refractivity contribution in [2.75, 3.05) is 20.1 Å². The van der Waals surface area contributed by atoms with Gasteiger partial charge in [0.2, 0.25) is 0 Å². The van der Waals surface area contributed by atoms with Crippen molar-refractivity contribution in [3.05, 3.63) is 35.5 Å². The lowest BCUT2D eigenvalue weighted by atomic mass is 10.0. The average molecular weight is 304 g/mol. The van der Waals surface area contributed by atoms with Gasteiger partial charge in [-0.25, -0.2) is 0 Å². The summed E-state index contributed by atoms with van der Waals surface area (Å²) in [7, 11) is 2.23. The molecule has 1 aliphatic rings. The molecule has 1 heteroatoms. The van der Waals surface area contributed by atoms with Gasteiger partial charge in [0.15, 0.2) is 0 Å². The molecule has 1 aliphatic heterocycles. The molecule has 126 valence electrons. The van der Waals surface area contributed by atoms with E-state index >= 15 is 0 Å². The van der Waals surface area contributed by atoms with Gasteiger partial charge in [-0.2, -0.15) is 0 Å². The predicted octanol–water partition coefficient (Wildman–Crippen LogP) is 6.28. The van der Waals surface area contributed by atoms with E-state index in [2.05, 4.69) is 50.1 Å². The van der Waals surface area contributed by atoms with Crippen LogP contribution in [0.5, 0.6) is 0 Å². The molecule has 0 atom stereocenters. The summed E-state index contributed by atoms with van der Waals surface area (Å²) < 4.78 is 0. The van der Waals surface area contributed by atoms with Crippen LogP contribution in [0.3, 0.4) is 0 Å². The zero-order valence-electron chi connectivity index (χ0n) is 15.2. The molecule has 0 amide bonds. The minimum absolute atomic E-state index is 1.21. The summed E-state index contributed by atoms with van der Waals surface area (Å²) in [5.74, 6) is 0. The van der Waals surface area contributed by atoms with Gasteiger partial charge in [0.1, 0.15) is 0 Å². The number of hydrogen-bond acceptors (Lipinski definition) is 1. The lowest BCUT2D eigenvalue weighted by molar-refractivity contribution is 0.352. The SMILES string of the molecule is CCC/C(=C\CC/C=C/CCCC1=CCCN(C)CC1)CC. The highest BCUT2D eigenvalue weighted by molar-refractivity contribution is 5.05. The van der Waals surface area contributed by atoms with Crippen molar-refractivity contribution in [1.82, 2.24) is 4.90 Å². The number of allylic oxidation sites excluding steroid dienone is 4. The van der Waals surface area contributed by atoms with Crippen LogP contribution < -0.4 is 0 Å². The molecule has 0 aromatic rings. The van der Waals surface area contributed by atoms with E-state index in [1.807, 2.05) is 0 Å². The van der Waals surface area contributed by atoms with Gasteiger partial charge in [-0.15, -0.1) is 0 Å². The Morgan fingerprint density at radius 1 is 1.14 bits per heavy atom. The third kappa shape index (κ3) is 9.25. The highest BCUT2D eigenvalue weighted by Gasteiger charge is 2.05. The van der Waals surface area contributed by atoms with Crippen molar-refractivity contribution < 1.29 is 0 Å². The molecule has 0 N–H and O–H groups in total. The van der Waals surface area contributed by atoms with E-state index < -0.39 is 0 Å². The molecule has 0 saturated carbocycles. The van der Waals surface area contributed by atoms with Crippen molar-refractivity contribution in [1.29, 1.82) is 0 Å². The second kappa shape index (κ2) is 12.7. The minimum Gasteiger partial charge on any atom is -0.306 e. The van der Waals surface area contributed by atoms with Gasteiger partial charge in [-0.1, -0.05) is 55.7 Å². The molecule has 0 radical (unpaired) electrons. The summed E-state index contributed by atoms with van der Waals surface area (Å²) >= 11 is 0. The number of nitrogens with zero attached hydrogens (tertiary/aromatic N) is 1. The van der Waals surface area contributed by atoms with Crippen LogP contribution in [0, 0.1) is 0 Å². The van der Waals surface area contributed by atoms with Gasteiger partial charge < -0.3 is 4.90 Å². The Morgan fingerprint density at radius 3 is 2.73 bits per heavy atom. The second-order valence-electron chi connectivity index (χ2n) is 6.61. The van der Waals surface area contributed by atoms with Crippen molar-refractivity contribution in [3.63, 3.8) is 0 Å². The normalized spacial score (nSPS) is 17.8. The summed E-state index contributed by atoms with van der Waals surface area (Å²) in [4.78, 5) is 2.44. The molecule has 22 heavy (non-hydrogen) atoms. The molecule has 0 aliphatic carbocycles. The highest BCUT2D eigenvalue weighted by Crippen LogP contribution is 2.16. The zero-order valence-corrected chi connectivity index (χ0v) is 15.2. The average Bonchev–Trinajstić information content (AvgIpc) is 2.73. The molecule has 0 bridgehead atoms. The van der Waals surface area contributed by atoms with E-state index in [1.165, 1.54) is 77.3 Å². The van der Waals surface area contributed by atoms with Gasteiger partial charge >= 0.3 is 0 Å². The Balaban J connectivity index is 2.08. The Bertz CT molecular complexity index is 362. The predicted molar refractivity (Wildman–Crippen MR) is 100 cm³/mol. The fourth-order valence-corrected chi connectivity index (χ4v) is 3.08. The molecule has 0 aromatic heterocycles. The summed E-state index contributed by atoms with van der Waals surface area (Å²) in [5.41, 5.74) is 3.33. The molecule has 0 fully saturated rings. The van der Waals surface area contributed by atoms with Crippen molar-refractivity contribution >= 4 is 0 Å². The van der Waals surface area contributed by atoms with Crippen LogP contribution in [0.25, 0.3) is 0 Å². The summed E-state index contributed by atoms with van der Waals surface area (Å²) in [5, 5.41) is 0. The lowest BCUT2D eigenvalue weighted by Gasteiger charge is -2.12. The maximum Gasteiger partial charge on any atom is 0.00156 e. The maximum absolute atomic E-state index is 2.48. The molecule has 0 spiro atoms. The van der Waals surface area contributed by atoms with Gasteiger partial charge in [-0.3, -0.25) is 0 Å². The fraction of sp³-hybridized carbons (Fsp3) is 0.714. The topological polar surface area (TPSA) is 3.24 Å².